The van der Waals surface area contributed by atoms with Crippen LogP contribution in [0.3, 0.4) is 0 Å². The number of carbonyl (C=O) groups excluding carboxylic acids is 1. The van der Waals surface area contributed by atoms with Crippen LogP contribution < -0.4 is 9.05 Å². The molecule has 0 aliphatic heterocycles. The third kappa shape index (κ3) is 5.16. The first-order valence-corrected chi connectivity index (χ1v) is 11.3. The Balaban J connectivity index is 1.94. The van der Waals surface area contributed by atoms with Gasteiger partial charge in [0.05, 0.1) is 0 Å². The van der Waals surface area contributed by atoms with Crippen molar-refractivity contribution >= 4 is 13.1 Å². The molecular formula is C24H25O4P. The zero-order chi connectivity index (χ0) is 20.9. The van der Waals surface area contributed by atoms with Crippen molar-refractivity contribution in [2.75, 3.05) is 0 Å². The maximum Gasteiger partial charge on any atom is 0.503 e. The van der Waals surface area contributed by atoms with Gasteiger partial charge in [0.25, 0.3) is 5.52 Å². The number of carbonyl (C=O) groups is 1. The van der Waals surface area contributed by atoms with E-state index in [0.717, 1.165) is 29.5 Å². The van der Waals surface area contributed by atoms with E-state index in [1.807, 2.05) is 45.0 Å². The van der Waals surface area contributed by atoms with E-state index in [9.17, 15) is 9.36 Å². The molecule has 3 aromatic carbocycles. The molecule has 0 unspecified atom stereocenters. The Hall–Kier alpha value is -2.84. The molecule has 0 bridgehead atoms. The molecule has 150 valence electrons. The fraction of sp³-hybridized carbons (Fsp3) is 0.208. The minimum Gasteiger partial charge on any atom is -0.411 e. The highest BCUT2D eigenvalue weighted by molar-refractivity contribution is 7.73. The number of aryl methyl sites for hydroxylation is 3. The summed E-state index contributed by atoms with van der Waals surface area (Å²) in [4.78, 5) is 13.1. The largest absolute Gasteiger partial charge is 0.503 e. The van der Waals surface area contributed by atoms with E-state index in [0.29, 0.717) is 11.5 Å². The van der Waals surface area contributed by atoms with Crippen molar-refractivity contribution < 1.29 is 18.4 Å². The smallest absolute Gasteiger partial charge is 0.411 e. The van der Waals surface area contributed by atoms with E-state index >= 15 is 0 Å². The van der Waals surface area contributed by atoms with Crippen molar-refractivity contribution in [3.05, 3.63) is 95.1 Å². The normalized spacial score (nSPS) is 11.1. The number of rotatable bonds is 8. The molecule has 0 aliphatic rings. The third-order valence-corrected chi connectivity index (χ3v) is 6.32. The predicted octanol–water partition coefficient (Wildman–Crippen LogP) is 6.61. The fourth-order valence-electron chi connectivity index (χ4n) is 2.81. The zero-order valence-electron chi connectivity index (χ0n) is 16.9. The van der Waals surface area contributed by atoms with E-state index in [1.165, 1.54) is 0 Å². The van der Waals surface area contributed by atoms with Gasteiger partial charge in [-0.3, -0.25) is 4.79 Å². The summed E-state index contributed by atoms with van der Waals surface area (Å²) >= 11 is 0. The molecule has 3 rings (SSSR count). The summed E-state index contributed by atoms with van der Waals surface area (Å²) < 4.78 is 25.0. The molecule has 4 nitrogen and oxygen atoms in total. The van der Waals surface area contributed by atoms with Gasteiger partial charge in [-0.2, -0.15) is 0 Å². The Morgan fingerprint density at radius 1 is 0.724 bits per heavy atom. The van der Waals surface area contributed by atoms with Gasteiger partial charge in [-0.05, 0) is 55.2 Å². The highest BCUT2D eigenvalue weighted by Crippen LogP contribution is 2.51. The Morgan fingerprint density at radius 2 is 1.14 bits per heavy atom. The van der Waals surface area contributed by atoms with Gasteiger partial charge in [0, 0.05) is 5.56 Å². The highest BCUT2D eigenvalue weighted by Gasteiger charge is 2.39. The van der Waals surface area contributed by atoms with Crippen molar-refractivity contribution in [2.45, 2.75) is 33.6 Å². The van der Waals surface area contributed by atoms with Crippen molar-refractivity contribution in [3.8, 4) is 11.5 Å². The van der Waals surface area contributed by atoms with Crippen LogP contribution in [-0.4, -0.2) is 5.52 Å². The quantitative estimate of drug-likeness (QED) is 0.394. The van der Waals surface area contributed by atoms with E-state index in [4.69, 9.17) is 9.05 Å². The third-order valence-electron chi connectivity index (χ3n) is 4.66. The summed E-state index contributed by atoms with van der Waals surface area (Å²) in [5.74, 6) is 0.660. The monoisotopic (exact) mass is 408 g/mol. The Kier molecular flexibility index (Phi) is 6.56. The van der Waals surface area contributed by atoms with Crippen LogP contribution >= 0.6 is 7.60 Å². The maximum absolute atomic E-state index is 13.7. The second-order valence-corrected chi connectivity index (χ2v) is 8.61. The lowest BCUT2D eigenvalue weighted by molar-refractivity contribution is 0.104. The van der Waals surface area contributed by atoms with E-state index in [-0.39, 0.29) is 5.56 Å². The number of hydrogen-bond acceptors (Lipinski definition) is 4. The fourth-order valence-corrected chi connectivity index (χ4v) is 4.27. The lowest BCUT2D eigenvalue weighted by atomic mass is 10.2. The molecule has 0 N–H and O–H groups in total. The standard InChI is InChI=1S/C24H25O4P/c1-4-19-8-14-22(15-9-19)27-29(26,24(25)21-12-6-18(3)7-13-21)28-23-16-10-20(5-2)11-17-23/h6-17H,4-5H2,1-3H3. The predicted molar refractivity (Wildman–Crippen MR) is 116 cm³/mol. The Labute approximate surface area is 172 Å². The minimum absolute atomic E-state index is 0.286. The molecule has 3 aromatic rings. The summed E-state index contributed by atoms with van der Waals surface area (Å²) in [5.41, 5.74) is 2.86. The molecule has 0 atom stereocenters. The molecule has 0 radical (unpaired) electrons. The molecular weight excluding hydrogens is 383 g/mol. The first kappa shape index (κ1) is 20.9. The van der Waals surface area contributed by atoms with Crippen LogP contribution in [0.2, 0.25) is 0 Å². The number of hydrogen-bond donors (Lipinski definition) is 0. The van der Waals surface area contributed by atoms with Crippen LogP contribution in [-0.2, 0) is 17.4 Å². The van der Waals surface area contributed by atoms with E-state index in [1.54, 1.807) is 48.5 Å². The molecule has 0 spiro atoms. The molecule has 0 saturated carbocycles. The van der Waals surface area contributed by atoms with Gasteiger partial charge >= 0.3 is 7.60 Å². The van der Waals surface area contributed by atoms with Crippen LogP contribution in [0.5, 0.6) is 11.5 Å². The number of benzene rings is 3. The maximum atomic E-state index is 13.7. The van der Waals surface area contributed by atoms with Gasteiger partial charge in [0.15, 0.2) is 0 Å². The highest BCUT2D eigenvalue weighted by atomic mass is 31.2. The molecule has 0 aliphatic carbocycles. The first-order valence-electron chi connectivity index (χ1n) is 9.72. The average molecular weight is 408 g/mol. The summed E-state index contributed by atoms with van der Waals surface area (Å²) in [6.45, 7) is 6.01. The van der Waals surface area contributed by atoms with Gasteiger partial charge < -0.3 is 9.05 Å². The zero-order valence-corrected chi connectivity index (χ0v) is 17.8. The van der Waals surface area contributed by atoms with Crippen molar-refractivity contribution in [2.24, 2.45) is 0 Å². The molecule has 0 amide bonds. The molecule has 0 fully saturated rings. The Bertz CT molecular complexity index is 953. The molecule has 29 heavy (non-hydrogen) atoms. The summed E-state index contributed by atoms with van der Waals surface area (Å²) in [6.07, 6.45) is 1.75. The molecule has 5 heteroatoms. The Morgan fingerprint density at radius 3 is 1.52 bits per heavy atom. The van der Waals surface area contributed by atoms with Crippen LogP contribution in [0.1, 0.15) is 40.9 Å². The van der Waals surface area contributed by atoms with Crippen LogP contribution in [0.15, 0.2) is 72.8 Å². The van der Waals surface area contributed by atoms with Gasteiger partial charge in [-0.15, -0.1) is 0 Å². The van der Waals surface area contributed by atoms with Crippen LogP contribution in [0.4, 0.5) is 0 Å². The summed E-state index contributed by atoms with van der Waals surface area (Å²) in [6, 6.07) is 21.2. The van der Waals surface area contributed by atoms with Gasteiger partial charge in [-0.25, -0.2) is 4.57 Å². The lowest BCUT2D eigenvalue weighted by Gasteiger charge is -2.19. The van der Waals surface area contributed by atoms with Gasteiger partial charge in [0.2, 0.25) is 0 Å². The van der Waals surface area contributed by atoms with Gasteiger partial charge in [0.1, 0.15) is 11.5 Å². The topological polar surface area (TPSA) is 52.6 Å². The SMILES string of the molecule is CCc1ccc(OP(=O)(Oc2ccc(CC)cc2)C(=O)c2ccc(C)cc2)cc1. The molecule has 0 saturated heterocycles. The second-order valence-electron chi connectivity index (χ2n) is 6.85. The first-order chi connectivity index (χ1) is 13.9. The van der Waals surface area contributed by atoms with Crippen molar-refractivity contribution in [1.82, 2.24) is 0 Å². The summed E-state index contributed by atoms with van der Waals surface area (Å²) in [5, 5.41) is 0. The van der Waals surface area contributed by atoms with Crippen molar-refractivity contribution in [1.29, 1.82) is 0 Å². The average Bonchev–Trinajstić information content (AvgIpc) is 2.75. The second kappa shape index (κ2) is 9.11. The minimum atomic E-state index is -4.18. The van der Waals surface area contributed by atoms with E-state index < -0.39 is 13.1 Å². The van der Waals surface area contributed by atoms with E-state index in [2.05, 4.69) is 0 Å². The van der Waals surface area contributed by atoms with Gasteiger partial charge in [-0.1, -0.05) is 67.9 Å². The van der Waals surface area contributed by atoms with Crippen molar-refractivity contribution in [3.63, 3.8) is 0 Å². The lowest BCUT2D eigenvalue weighted by Crippen LogP contribution is -2.12. The van der Waals surface area contributed by atoms with Crippen LogP contribution in [0, 0.1) is 6.92 Å². The van der Waals surface area contributed by atoms with Crippen LogP contribution in [0.25, 0.3) is 0 Å². The summed E-state index contributed by atoms with van der Waals surface area (Å²) in [7, 11) is -4.18. The molecule has 0 aromatic heterocycles. The molecule has 0 heterocycles.